The number of benzene rings is 1. The van der Waals surface area contributed by atoms with Gasteiger partial charge in [-0.2, -0.15) is 5.10 Å². The topological polar surface area (TPSA) is 93.1 Å². The lowest BCUT2D eigenvalue weighted by molar-refractivity contribution is -0.123. The second kappa shape index (κ2) is 6.66. The summed E-state index contributed by atoms with van der Waals surface area (Å²) in [5, 5.41) is 9.38. The van der Waals surface area contributed by atoms with Gasteiger partial charge in [0.05, 0.1) is 0 Å². The number of anilines is 2. The van der Waals surface area contributed by atoms with Crippen LogP contribution in [0.1, 0.15) is 31.3 Å². The highest BCUT2D eigenvalue weighted by Crippen LogP contribution is 2.19. The highest BCUT2D eigenvalue weighted by molar-refractivity contribution is 6.03. The van der Waals surface area contributed by atoms with Gasteiger partial charge in [-0.1, -0.05) is 20.8 Å². The van der Waals surface area contributed by atoms with Crippen molar-refractivity contribution in [2.45, 2.75) is 20.8 Å². The molecule has 2 aromatic rings. The van der Waals surface area contributed by atoms with E-state index < -0.39 is 11.3 Å². The molecule has 0 radical (unpaired) electrons. The van der Waals surface area contributed by atoms with Gasteiger partial charge in [0.15, 0.2) is 0 Å². The molecular weight excluding hydrogens is 308 g/mol. The first kappa shape index (κ1) is 17.4. The average Bonchev–Trinajstić information content (AvgIpc) is 2.51. The second-order valence-corrected chi connectivity index (χ2v) is 6.42. The highest BCUT2D eigenvalue weighted by Gasteiger charge is 2.21. The summed E-state index contributed by atoms with van der Waals surface area (Å²) >= 11 is 0. The molecule has 1 aromatic heterocycles. The molecule has 0 atom stereocenters. The Kier molecular flexibility index (Phi) is 4.82. The molecule has 0 aliphatic carbocycles. The molecule has 0 saturated carbocycles. The normalized spacial score (nSPS) is 11.0. The van der Waals surface area contributed by atoms with E-state index in [1.807, 2.05) is 20.8 Å². The Morgan fingerprint density at radius 2 is 1.50 bits per heavy atom. The molecule has 0 unspecified atom stereocenters. The summed E-state index contributed by atoms with van der Waals surface area (Å²) in [5.41, 5.74) is 0.576. The predicted molar refractivity (Wildman–Crippen MR) is 92.0 cm³/mol. The van der Waals surface area contributed by atoms with Crippen molar-refractivity contribution in [2.24, 2.45) is 12.5 Å². The molecule has 0 aliphatic heterocycles. The number of rotatable bonds is 3. The van der Waals surface area contributed by atoms with Crippen LogP contribution in [0.5, 0.6) is 0 Å². The molecular formula is C17H20N4O3. The smallest absolute Gasteiger partial charge is 0.276 e. The standard InChI is InChI=1S/C17H20N4O3/c1-17(2,3)16(24)19-12-7-5-11(6-8-12)18-15(23)13-9-10-14(22)21(4)20-13/h5-10H,1-4H3,(H,18,23)(H,19,24). The Hall–Kier alpha value is -2.96. The van der Waals surface area contributed by atoms with Crippen molar-refractivity contribution in [3.63, 3.8) is 0 Å². The first-order chi connectivity index (χ1) is 11.2. The van der Waals surface area contributed by atoms with Crippen LogP contribution in [0.15, 0.2) is 41.2 Å². The quantitative estimate of drug-likeness (QED) is 0.901. The third-order valence-corrected chi connectivity index (χ3v) is 3.27. The lowest BCUT2D eigenvalue weighted by Crippen LogP contribution is -2.27. The predicted octanol–water partition coefficient (Wildman–Crippen LogP) is 2.02. The molecule has 24 heavy (non-hydrogen) atoms. The number of amides is 2. The summed E-state index contributed by atoms with van der Waals surface area (Å²) in [6, 6.07) is 9.42. The van der Waals surface area contributed by atoms with Crippen LogP contribution in [-0.2, 0) is 11.8 Å². The van der Waals surface area contributed by atoms with E-state index in [4.69, 9.17) is 0 Å². The molecule has 2 rings (SSSR count). The van der Waals surface area contributed by atoms with Crippen LogP contribution < -0.4 is 16.2 Å². The van der Waals surface area contributed by atoms with E-state index >= 15 is 0 Å². The van der Waals surface area contributed by atoms with Gasteiger partial charge in [0, 0.05) is 29.9 Å². The summed E-state index contributed by atoms with van der Waals surface area (Å²) in [7, 11) is 1.48. The number of hydrogen-bond donors (Lipinski definition) is 2. The van der Waals surface area contributed by atoms with Gasteiger partial charge in [-0.05, 0) is 30.3 Å². The van der Waals surface area contributed by atoms with E-state index in [1.54, 1.807) is 24.3 Å². The fraction of sp³-hybridized carbons (Fsp3) is 0.294. The van der Waals surface area contributed by atoms with E-state index in [2.05, 4.69) is 15.7 Å². The van der Waals surface area contributed by atoms with Gasteiger partial charge in [0.2, 0.25) is 5.91 Å². The van der Waals surface area contributed by atoms with Crippen molar-refractivity contribution in [1.29, 1.82) is 0 Å². The zero-order valence-electron chi connectivity index (χ0n) is 14.1. The van der Waals surface area contributed by atoms with Gasteiger partial charge in [-0.3, -0.25) is 14.4 Å². The lowest BCUT2D eigenvalue weighted by Gasteiger charge is -2.17. The lowest BCUT2D eigenvalue weighted by atomic mass is 9.95. The fourth-order valence-corrected chi connectivity index (χ4v) is 1.77. The summed E-state index contributed by atoms with van der Waals surface area (Å²) < 4.78 is 1.10. The van der Waals surface area contributed by atoms with Crippen LogP contribution in [0, 0.1) is 5.41 Å². The van der Waals surface area contributed by atoms with Crippen molar-refractivity contribution in [1.82, 2.24) is 9.78 Å². The van der Waals surface area contributed by atoms with Crippen LogP contribution in [0.2, 0.25) is 0 Å². The summed E-state index contributed by atoms with van der Waals surface area (Å²) in [6.07, 6.45) is 0. The number of nitrogens with zero attached hydrogens (tertiary/aromatic N) is 2. The second-order valence-electron chi connectivity index (χ2n) is 6.42. The summed E-state index contributed by atoms with van der Waals surface area (Å²) in [6.45, 7) is 5.49. The van der Waals surface area contributed by atoms with Gasteiger partial charge in [0.1, 0.15) is 5.69 Å². The Balaban J connectivity index is 2.06. The number of aryl methyl sites for hydroxylation is 1. The number of carbonyl (C=O) groups is 2. The Bertz CT molecular complexity index is 817. The van der Waals surface area contributed by atoms with Gasteiger partial charge in [-0.15, -0.1) is 0 Å². The van der Waals surface area contributed by atoms with E-state index in [-0.39, 0.29) is 17.2 Å². The molecule has 126 valence electrons. The van der Waals surface area contributed by atoms with Gasteiger partial charge in [0.25, 0.3) is 11.5 Å². The van der Waals surface area contributed by atoms with Crippen molar-refractivity contribution in [2.75, 3.05) is 10.6 Å². The first-order valence-corrected chi connectivity index (χ1v) is 7.44. The van der Waals surface area contributed by atoms with Crippen LogP contribution in [-0.4, -0.2) is 21.6 Å². The van der Waals surface area contributed by atoms with Crippen molar-refractivity contribution >= 4 is 23.2 Å². The molecule has 0 bridgehead atoms. The first-order valence-electron chi connectivity index (χ1n) is 7.44. The maximum atomic E-state index is 12.1. The van der Waals surface area contributed by atoms with Crippen LogP contribution >= 0.6 is 0 Å². The van der Waals surface area contributed by atoms with Crippen LogP contribution in [0.4, 0.5) is 11.4 Å². The van der Waals surface area contributed by atoms with Crippen molar-refractivity contribution in [3.8, 4) is 0 Å². The molecule has 7 nitrogen and oxygen atoms in total. The monoisotopic (exact) mass is 328 g/mol. The largest absolute Gasteiger partial charge is 0.326 e. The van der Waals surface area contributed by atoms with E-state index in [0.717, 1.165) is 4.68 Å². The SMILES string of the molecule is Cn1nc(C(=O)Nc2ccc(NC(=O)C(C)(C)C)cc2)ccc1=O. The van der Waals surface area contributed by atoms with Crippen LogP contribution in [0.25, 0.3) is 0 Å². The third kappa shape index (κ3) is 4.28. The zero-order chi connectivity index (χ0) is 17.9. The molecule has 7 heteroatoms. The molecule has 0 fully saturated rings. The summed E-state index contributed by atoms with van der Waals surface area (Å²) in [5.74, 6) is -0.509. The average molecular weight is 328 g/mol. The van der Waals surface area contributed by atoms with Crippen LogP contribution in [0.3, 0.4) is 0 Å². The minimum absolute atomic E-state index is 0.0892. The molecule has 0 saturated heterocycles. The zero-order valence-corrected chi connectivity index (χ0v) is 14.1. The molecule has 1 heterocycles. The molecule has 2 amide bonds. The maximum Gasteiger partial charge on any atom is 0.276 e. The minimum atomic E-state index is -0.484. The van der Waals surface area contributed by atoms with Gasteiger partial charge in [-0.25, -0.2) is 4.68 Å². The number of aromatic nitrogens is 2. The van der Waals surface area contributed by atoms with E-state index in [9.17, 15) is 14.4 Å². The van der Waals surface area contributed by atoms with E-state index in [1.165, 1.54) is 19.2 Å². The van der Waals surface area contributed by atoms with E-state index in [0.29, 0.717) is 11.4 Å². The molecule has 0 aliphatic rings. The number of nitrogens with one attached hydrogen (secondary N) is 2. The number of carbonyl (C=O) groups excluding carboxylic acids is 2. The van der Waals surface area contributed by atoms with Gasteiger partial charge >= 0.3 is 0 Å². The molecule has 2 N–H and O–H groups in total. The number of hydrogen-bond acceptors (Lipinski definition) is 4. The minimum Gasteiger partial charge on any atom is -0.326 e. The third-order valence-electron chi connectivity index (χ3n) is 3.27. The Labute approximate surface area is 139 Å². The van der Waals surface area contributed by atoms with Crippen molar-refractivity contribution < 1.29 is 9.59 Å². The molecule has 1 aromatic carbocycles. The Morgan fingerprint density at radius 1 is 0.958 bits per heavy atom. The Morgan fingerprint density at radius 3 is 2.00 bits per heavy atom. The maximum absolute atomic E-state index is 12.1. The molecule has 0 spiro atoms. The van der Waals surface area contributed by atoms with Crippen molar-refractivity contribution in [3.05, 3.63) is 52.4 Å². The highest BCUT2D eigenvalue weighted by atomic mass is 16.2. The summed E-state index contributed by atoms with van der Waals surface area (Å²) in [4.78, 5) is 35.3. The van der Waals surface area contributed by atoms with Gasteiger partial charge < -0.3 is 10.6 Å². The fourth-order valence-electron chi connectivity index (χ4n) is 1.77.